The Morgan fingerprint density at radius 2 is 2.04 bits per heavy atom. The molecule has 2 heteroatoms. The highest BCUT2D eigenvalue weighted by Gasteiger charge is 2.27. The van der Waals surface area contributed by atoms with Gasteiger partial charge in [-0.15, -0.1) is 6.58 Å². The van der Waals surface area contributed by atoms with Crippen LogP contribution in [0.2, 0.25) is 0 Å². The molecule has 28 heavy (non-hydrogen) atoms. The SMILES string of the molecule is C=CC(C/C=C/CCC(O)C(C)[C]1[CH][CH][CH]C1)CCCC(CO)C1=CC=CC1. The van der Waals surface area contributed by atoms with Crippen molar-refractivity contribution in [1.82, 2.24) is 0 Å². The second kappa shape index (κ2) is 13.2. The van der Waals surface area contributed by atoms with E-state index in [0.717, 1.165) is 51.4 Å². The van der Waals surface area contributed by atoms with Crippen LogP contribution in [0.15, 0.2) is 48.6 Å². The number of rotatable bonds is 14. The summed E-state index contributed by atoms with van der Waals surface area (Å²) in [6.07, 6.45) is 27.0. The molecule has 2 rings (SSSR count). The van der Waals surface area contributed by atoms with Crippen LogP contribution in [0.5, 0.6) is 0 Å². The van der Waals surface area contributed by atoms with Crippen molar-refractivity contribution in [2.45, 2.75) is 64.4 Å². The average molecular weight is 383 g/mol. The number of aliphatic hydroxyl groups excluding tert-OH is 2. The fourth-order valence-corrected chi connectivity index (χ4v) is 4.07. The van der Waals surface area contributed by atoms with Gasteiger partial charge in [-0.05, 0) is 82.0 Å². The Hall–Kier alpha value is -1.12. The third kappa shape index (κ3) is 7.72. The lowest BCUT2D eigenvalue weighted by atomic mass is 9.86. The standard InChI is InChI=1S/C26H38O2/c1-3-22(13-11-18-25(20-27)24-16-9-10-17-24)12-5-4-6-19-26(28)21(2)23-14-7-8-15-23/h3-5,7-10,14,16,21-22,25-28H,1,6,11-13,15,17-20H2,2H3/b5-4+. The Labute approximate surface area is 173 Å². The van der Waals surface area contributed by atoms with Crippen LogP contribution in [0, 0.1) is 42.9 Å². The van der Waals surface area contributed by atoms with Crippen LogP contribution in [-0.2, 0) is 0 Å². The second-order valence-corrected chi connectivity index (χ2v) is 8.19. The lowest BCUT2D eigenvalue weighted by molar-refractivity contribution is 0.116. The lowest BCUT2D eigenvalue weighted by Gasteiger charge is -2.23. The van der Waals surface area contributed by atoms with Crippen molar-refractivity contribution in [3.63, 3.8) is 0 Å². The summed E-state index contributed by atoms with van der Waals surface area (Å²) in [5, 5.41) is 20.0. The molecule has 2 aliphatic rings. The van der Waals surface area contributed by atoms with E-state index in [1.54, 1.807) is 0 Å². The number of aliphatic hydroxyl groups is 2. The Morgan fingerprint density at radius 1 is 1.18 bits per heavy atom. The van der Waals surface area contributed by atoms with Crippen LogP contribution in [0.25, 0.3) is 0 Å². The van der Waals surface area contributed by atoms with Crippen LogP contribution in [0.1, 0.15) is 58.3 Å². The van der Waals surface area contributed by atoms with Crippen LogP contribution in [0.4, 0.5) is 0 Å². The first-order valence-corrected chi connectivity index (χ1v) is 10.9. The van der Waals surface area contributed by atoms with Gasteiger partial charge in [0.25, 0.3) is 0 Å². The number of hydrogen-bond donors (Lipinski definition) is 2. The van der Waals surface area contributed by atoms with E-state index in [2.05, 4.69) is 69.2 Å². The molecule has 0 aromatic carbocycles. The fraction of sp³-hybridized carbons (Fsp3) is 0.538. The Morgan fingerprint density at radius 3 is 2.68 bits per heavy atom. The molecule has 0 spiro atoms. The second-order valence-electron chi connectivity index (χ2n) is 8.19. The molecule has 4 unspecified atom stereocenters. The van der Waals surface area contributed by atoms with Gasteiger partial charge in [-0.1, -0.05) is 55.4 Å². The van der Waals surface area contributed by atoms with E-state index in [9.17, 15) is 10.2 Å². The molecule has 0 aliphatic heterocycles. The van der Waals surface area contributed by atoms with E-state index in [1.165, 1.54) is 11.5 Å². The number of allylic oxidation sites excluding steroid dienone is 6. The zero-order valence-corrected chi connectivity index (χ0v) is 17.5. The third-order valence-electron chi connectivity index (χ3n) is 6.20. The van der Waals surface area contributed by atoms with Crippen LogP contribution < -0.4 is 0 Å². The highest BCUT2D eigenvalue weighted by molar-refractivity contribution is 5.27. The van der Waals surface area contributed by atoms with Gasteiger partial charge in [0.15, 0.2) is 0 Å². The molecule has 0 amide bonds. The molecule has 2 N–H and O–H groups in total. The monoisotopic (exact) mass is 382 g/mol. The molecule has 0 saturated heterocycles. The fourth-order valence-electron chi connectivity index (χ4n) is 4.07. The van der Waals surface area contributed by atoms with Gasteiger partial charge < -0.3 is 10.2 Å². The van der Waals surface area contributed by atoms with Crippen molar-refractivity contribution in [2.24, 2.45) is 17.8 Å². The normalized spacial score (nSPS) is 21.8. The lowest BCUT2D eigenvalue weighted by Crippen LogP contribution is -2.22. The molecule has 1 saturated carbocycles. The minimum atomic E-state index is -0.263. The van der Waals surface area contributed by atoms with E-state index in [4.69, 9.17) is 0 Å². The third-order valence-corrected chi connectivity index (χ3v) is 6.20. The molecule has 0 heterocycles. The molecular weight excluding hydrogens is 344 g/mol. The van der Waals surface area contributed by atoms with E-state index in [1.807, 2.05) is 0 Å². The van der Waals surface area contributed by atoms with Crippen molar-refractivity contribution in [3.05, 3.63) is 73.8 Å². The molecular formula is C26H38O2. The highest BCUT2D eigenvalue weighted by atomic mass is 16.3. The van der Waals surface area contributed by atoms with Gasteiger partial charge in [0, 0.05) is 12.5 Å². The molecule has 0 bridgehead atoms. The predicted octanol–water partition coefficient (Wildman–Crippen LogP) is 5.77. The Kier molecular flexibility index (Phi) is 10.9. The summed E-state index contributed by atoms with van der Waals surface area (Å²) >= 11 is 0. The molecule has 1 fully saturated rings. The Balaban J connectivity index is 1.59. The minimum Gasteiger partial charge on any atom is -0.396 e. The van der Waals surface area contributed by atoms with Crippen LogP contribution in [-0.4, -0.2) is 22.9 Å². The summed E-state index contributed by atoms with van der Waals surface area (Å²) in [6, 6.07) is 0. The van der Waals surface area contributed by atoms with Gasteiger partial charge in [0.2, 0.25) is 0 Å². The van der Waals surface area contributed by atoms with Gasteiger partial charge >= 0.3 is 0 Å². The predicted molar refractivity (Wildman–Crippen MR) is 119 cm³/mol. The molecule has 0 aromatic rings. The van der Waals surface area contributed by atoms with Crippen LogP contribution >= 0.6 is 0 Å². The van der Waals surface area contributed by atoms with Gasteiger partial charge in [-0.2, -0.15) is 0 Å². The maximum Gasteiger partial charge on any atom is 0.0574 e. The first-order valence-electron chi connectivity index (χ1n) is 10.9. The Bertz CT molecular complexity index is 525. The van der Waals surface area contributed by atoms with Crippen molar-refractivity contribution >= 4 is 0 Å². The summed E-state index contributed by atoms with van der Waals surface area (Å²) in [6.45, 7) is 6.37. The molecule has 2 nitrogen and oxygen atoms in total. The van der Waals surface area contributed by atoms with Crippen molar-refractivity contribution in [1.29, 1.82) is 0 Å². The largest absolute Gasteiger partial charge is 0.396 e. The number of hydrogen-bond acceptors (Lipinski definition) is 2. The van der Waals surface area contributed by atoms with E-state index in [0.29, 0.717) is 11.8 Å². The zero-order valence-electron chi connectivity index (χ0n) is 17.5. The van der Waals surface area contributed by atoms with Gasteiger partial charge in [0.05, 0.1) is 6.10 Å². The topological polar surface area (TPSA) is 40.5 Å². The summed E-state index contributed by atoms with van der Waals surface area (Å²) in [5.41, 5.74) is 1.37. The van der Waals surface area contributed by atoms with Crippen LogP contribution in [0.3, 0.4) is 0 Å². The summed E-state index contributed by atoms with van der Waals surface area (Å²) < 4.78 is 0. The van der Waals surface area contributed by atoms with E-state index in [-0.39, 0.29) is 18.6 Å². The molecule has 4 atom stereocenters. The summed E-state index contributed by atoms with van der Waals surface area (Å²) in [7, 11) is 0. The quantitative estimate of drug-likeness (QED) is 0.375. The van der Waals surface area contributed by atoms with E-state index < -0.39 is 0 Å². The zero-order chi connectivity index (χ0) is 20.2. The van der Waals surface area contributed by atoms with Crippen molar-refractivity contribution in [3.8, 4) is 0 Å². The highest BCUT2D eigenvalue weighted by Crippen LogP contribution is 2.34. The smallest absolute Gasteiger partial charge is 0.0574 e. The maximum atomic E-state index is 10.4. The first-order chi connectivity index (χ1) is 13.7. The van der Waals surface area contributed by atoms with Gasteiger partial charge in [-0.3, -0.25) is 0 Å². The molecule has 4 radical (unpaired) electrons. The molecule has 0 aromatic heterocycles. The summed E-state index contributed by atoms with van der Waals surface area (Å²) in [5.74, 6) is 2.39. The molecule has 154 valence electrons. The van der Waals surface area contributed by atoms with Gasteiger partial charge in [0.1, 0.15) is 0 Å². The summed E-state index contributed by atoms with van der Waals surface area (Å²) in [4.78, 5) is 0. The average Bonchev–Trinajstić information content (AvgIpc) is 3.42. The minimum absolute atomic E-state index is 0.244. The first kappa shape index (κ1) is 23.2. The molecule has 2 aliphatic carbocycles. The maximum absolute atomic E-state index is 10.4. The van der Waals surface area contributed by atoms with E-state index >= 15 is 0 Å². The van der Waals surface area contributed by atoms with Crippen molar-refractivity contribution in [2.75, 3.05) is 6.61 Å². The van der Waals surface area contributed by atoms with Gasteiger partial charge in [-0.25, -0.2) is 0 Å². The van der Waals surface area contributed by atoms with Crippen molar-refractivity contribution < 1.29 is 10.2 Å².